The largest absolute Gasteiger partial charge is 0.351 e. The summed E-state index contributed by atoms with van der Waals surface area (Å²) in [6.45, 7) is 2.29. The monoisotopic (exact) mass is 313 g/mol. The number of anilines is 1. The number of nitrogens with two attached hydrogens (primary N) is 1. The number of urea groups is 2. The van der Waals surface area contributed by atoms with E-state index in [1.165, 1.54) is 0 Å². The summed E-state index contributed by atoms with van der Waals surface area (Å²) in [6.07, 6.45) is 3.39. The summed E-state index contributed by atoms with van der Waals surface area (Å²) in [4.78, 5) is 26.6. The molecule has 1 aromatic carbocycles. The summed E-state index contributed by atoms with van der Waals surface area (Å²) in [7, 11) is 0. The molecular weight excluding hydrogens is 294 g/mol. The van der Waals surface area contributed by atoms with Gasteiger partial charge in [-0.1, -0.05) is 18.2 Å². The number of rotatable bonds is 5. The van der Waals surface area contributed by atoms with Crippen molar-refractivity contribution in [3.8, 4) is 0 Å². The second-order valence-corrected chi connectivity index (χ2v) is 5.02. The van der Waals surface area contributed by atoms with E-state index in [1.807, 2.05) is 31.2 Å². The van der Waals surface area contributed by atoms with Crippen LogP contribution in [-0.4, -0.2) is 17.0 Å². The standard InChI is InChI=1S/C16H19N5O2/c1-11(13-4-6-14(7-5-13)21-15(17)22)20-16(23)19-10-12-3-2-8-18-9-12/h2-9,11H,10H2,1H3,(H3,17,21,22)(H2,19,20,23). The maximum absolute atomic E-state index is 11.9. The average Bonchev–Trinajstić information content (AvgIpc) is 2.54. The molecule has 1 heterocycles. The lowest BCUT2D eigenvalue weighted by Gasteiger charge is -2.15. The van der Waals surface area contributed by atoms with Crippen LogP contribution in [0.25, 0.3) is 0 Å². The summed E-state index contributed by atoms with van der Waals surface area (Å²) >= 11 is 0. The van der Waals surface area contributed by atoms with Gasteiger partial charge in [-0.2, -0.15) is 0 Å². The number of nitrogens with one attached hydrogen (secondary N) is 3. The van der Waals surface area contributed by atoms with Crippen LogP contribution < -0.4 is 21.7 Å². The Kier molecular flexibility index (Phi) is 5.51. The second kappa shape index (κ2) is 7.79. The number of carbonyl (C=O) groups excluding carboxylic acids is 2. The van der Waals surface area contributed by atoms with Gasteiger partial charge in [-0.15, -0.1) is 0 Å². The molecule has 5 N–H and O–H groups in total. The number of aromatic nitrogens is 1. The summed E-state index contributed by atoms with van der Waals surface area (Å²) in [6, 6.07) is 9.75. The third kappa shape index (κ3) is 5.31. The lowest BCUT2D eigenvalue weighted by molar-refractivity contribution is 0.237. The second-order valence-electron chi connectivity index (χ2n) is 5.02. The van der Waals surface area contributed by atoms with Gasteiger partial charge in [0.2, 0.25) is 0 Å². The Morgan fingerprint density at radius 2 is 1.96 bits per heavy atom. The van der Waals surface area contributed by atoms with Crippen LogP contribution in [0.15, 0.2) is 48.8 Å². The molecule has 0 fully saturated rings. The number of amides is 4. The Hall–Kier alpha value is -3.09. The third-order valence-corrected chi connectivity index (χ3v) is 3.20. The van der Waals surface area contributed by atoms with Crippen LogP contribution in [0.1, 0.15) is 24.1 Å². The van der Waals surface area contributed by atoms with E-state index in [4.69, 9.17) is 5.73 Å². The first-order chi connectivity index (χ1) is 11.0. The molecule has 7 nitrogen and oxygen atoms in total. The first-order valence-electron chi connectivity index (χ1n) is 7.14. The Balaban J connectivity index is 1.84. The maximum Gasteiger partial charge on any atom is 0.316 e. The first kappa shape index (κ1) is 16.3. The van der Waals surface area contributed by atoms with Gasteiger partial charge in [0, 0.05) is 24.6 Å². The van der Waals surface area contributed by atoms with E-state index in [0.29, 0.717) is 12.2 Å². The van der Waals surface area contributed by atoms with Crippen molar-refractivity contribution in [1.29, 1.82) is 0 Å². The maximum atomic E-state index is 11.9. The Morgan fingerprint density at radius 1 is 1.22 bits per heavy atom. The molecule has 1 aromatic heterocycles. The number of nitrogens with zero attached hydrogens (tertiary/aromatic N) is 1. The van der Waals surface area contributed by atoms with Gasteiger partial charge in [0.15, 0.2) is 0 Å². The molecule has 2 aromatic rings. The number of pyridine rings is 1. The van der Waals surface area contributed by atoms with Crippen molar-refractivity contribution in [3.05, 3.63) is 59.9 Å². The highest BCUT2D eigenvalue weighted by atomic mass is 16.2. The van der Waals surface area contributed by atoms with Crippen molar-refractivity contribution in [2.75, 3.05) is 5.32 Å². The molecule has 1 atom stereocenters. The molecule has 0 aliphatic heterocycles. The average molecular weight is 313 g/mol. The molecule has 0 spiro atoms. The number of benzene rings is 1. The highest BCUT2D eigenvalue weighted by molar-refractivity contribution is 5.87. The van der Waals surface area contributed by atoms with Gasteiger partial charge in [0.1, 0.15) is 0 Å². The smallest absolute Gasteiger partial charge is 0.316 e. The van der Waals surface area contributed by atoms with Crippen molar-refractivity contribution < 1.29 is 9.59 Å². The van der Waals surface area contributed by atoms with Gasteiger partial charge in [0.25, 0.3) is 0 Å². The molecule has 4 amide bonds. The molecule has 120 valence electrons. The Bertz CT molecular complexity index is 658. The number of hydrogen-bond donors (Lipinski definition) is 4. The van der Waals surface area contributed by atoms with Crippen LogP contribution in [0, 0.1) is 0 Å². The van der Waals surface area contributed by atoms with E-state index in [2.05, 4.69) is 20.9 Å². The van der Waals surface area contributed by atoms with Crippen molar-refractivity contribution in [1.82, 2.24) is 15.6 Å². The molecule has 0 saturated heterocycles. The van der Waals surface area contributed by atoms with E-state index >= 15 is 0 Å². The molecule has 1 unspecified atom stereocenters. The highest BCUT2D eigenvalue weighted by Crippen LogP contribution is 2.15. The summed E-state index contributed by atoms with van der Waals surface area (Å²) in [5, 5.41) is 8.10. The molecule has 0 radical (unpaired) electrons. The summed E-state index contributed by atoms with van der Waals surface area (Å²) in [5.41, 5.74) is 7.50. The van der Waals surface area contributed by atoms with Gasteiger partial charge >= 0.3 is 12.1 Å². The van der Waals surface area contributed by atoms with Crippen LogP contribution in [-0.2, 0) is 6.54 Å². The molecule has 0 bridgehead atoms. The molecular formula is C16H19N5O2. The zero-order chi connectivity index (χ0) is 16.7. The minimum atomic E-state index is -0.612. The van der Waals surface area contributed by atoms with Crippen molar-refractivity contribution >= 4 is 17.7 Å². The molecule has 0 aliphatic rings. The van der Waals surface area contributed by atoms with E-state index in [9.17, 15) is 9.59 Å². The Labute approximate surface area is 134 Å². The van der Waals surface area contributed by atoms with E-state index in [0.717, 1.165) is 11.1 Å². The minimum absolute atomic E-state index is 0.175. The third-order valence-electron chi connectivity index (χ3n) is 3.20. The fourth-order valence-electron chi connectivity index (χ4n) is 2.01. The van der Waals surface area contributed by atoms with Crippen LogP contribution in [0.4, 0.5) is 15.3 Å². The normalized spacial score (nSPS) is 11.3. The number of hydrogen-bond acceptors (Lipinski definition) is 3. The number of primary amides is 1. The zero-order valence-corrected chi connectivity index (χ0v) is 12.7. The topological polar surface area (TPSA) is 109 Å². The lowest BCUT2D eigenvalue weighted by atomic mass is 10.1. The van der Waals surface area contributed by atoms with Gasteiger partial charge in [-0.3, -0.25) is 4.98 Å². The van der Waals surface area contributed by atoms with Gasteiger partial charge in [0.05, 0.1) is 6.04 Å². The van der Waals surface area contributed by atoms with E-state index in [1.54, 1.807) is 24.5 Å². The predicted molar refractivity (Wildman–Crippen MR) is 87.7 cm³/mol. The van der Waals surface area contributed by atoms with Crippen molar-refractivity contribution in [2.24, 2.45) is 5.73 Å². The van der Waals surface area contributed by atoms with Gasteiger partial charge in [-0.25, -0.2) is 9.59 Å². The fourth-order valence-corrected chi connectivity index (χ4v) is 2.01. The minimum Gasteiger partial charge on any atom is -0.351 e. The summed E-state index contributed by atoms with van der Waals surface area (Å²) < 4.78 is 0. The predicted octanol–water partition coefficient (Wildman–Crippen LogP) is 2.13. The molecule has 7 heteroatoms. The fraction of sp³-hybridized carbons (Fsp3) is 0.188. The quantitative estimate of drug-likeness (QED) is 0.679. The SMILES string of the molecule is CC(NC(=O)NCc1cccnc1)c1ccc(NC(N)=O)cc1. The van der Waals surface area contributed by atoms with Crippen LogP contribution in [0.3, 0.4) is 0 Å². The molecule has 0 aliphatic carbocycles. The van der Waals surface area contributed by atoms with Gasteiger partial charge in [-0.05, 0) is 36.2 Å². The van der Waals surface area contributed by atoms with Crippen LogP contribution >= 0.6 is 0 Å². The Morgan fingerprint density at radius 3 is 2.57 bits per heavy atom. The number of carbonyl (C=O) groups is 2. The lowest BCUT2D eigenvalue weighted by Crippen LogP contribution is -2.36. The molecule has 2 rings (SSSR count). The van der Waals surface area contributed by atoms with Crippen molar-refractivity contribution in [3.63, 3.8) is 0 Å². The van der Waals surface area contributed by atoms with E-state index in [-0.39, 0.29) is 12.1 Å². The molecule has 23 heavy (non-hydrogen) atoms. The van der Waals surface area contributed by atoms with Gasteiger partial charge < -0.3 is 21.7 Å². The molecule has 0 saturated carbocycles. The van der Waals surface area contributed by atoms with Crippen LogP contribution in [0.2, 0.25) is 0 Å². The first-order valence-corrected chi connectivity index (χ1v) is 7.14. The van der Waals surface area contributed by atoms with Crippen LogP contribution in [0.5, 0.6) is 0 Å². The summed E-state index contributed by atoms with van der Waals surface area (Å²) in [5.74, 6) is 0. The highest BCUT2D eigenvalue weighted by Gasteiger charge is 2.09. The van der Waals surface area contributed by atoms with Crippen molar-refractivity contribution in [2.45, 2.75) is 19.5 Å². The zero-order valence-electron chi connectivity index (χ0n) is 12.7. The van der Waals surface area contributed by atoms with E-state index < -0.39 is 6.03 Å².